The quantitative estimate of drug-likeness (QED) is 0.937. The highest BCUT2D eigenvalue weighted by Crippen LogP contribution is 2.29. The van der Waals surface area contributed by atoms with E-state index in [0.717, 1.165) is 5.56 Å². The molecule has 0 radical (unpaired) electrons. The molecule has 0 saturated carbocycles. The molecule has 1 aliphatic rings. The zero-order valence-corrected chi connectivity index (χ0v) is 13.5. The number of piperazine rings is 1. The zero-order chi connectivity index (χ0) is 16.2. The Kier molecular flexibility index (Phi) is 4.96. The second kappa shape index (κ2) is 7.13. The first-order valence-corrected chi connectivity index (χ1v) is 8.00. The first kappa shape index (κ1) is 16.0. The van der Waals surface area contributed by atoms with Gasteiger partial charge >= 0.3 is 0 Å². The first-order valence-electron chi connectivity index (χ1n) is 7.63. The standard InChI is InChI=1S/C18H19ClN2O2/c19-16-8-4-5-9-17(16)21-15(13-22)11-20(12-18(21)23)10-14-6-2-1-3-7-14/h1-9,15,22H,10-13H2/t15-/m1/s1. The van der Waals surface area contributed by atoms with Crippen LogP contribution in [0.3, 0.4) is 0 Å². The Balaban J connectivity index is 1.79. The van der Waals surface area contributed by atoms with Gasteiger partial charge < -0.3 is 10.0 Å². The first-order chi connectivity index (χ1) is 11.2. The van der Waals surface area contributed by atoms with Crippen LogP contribution < -0.4 is 4.90 Å². The molecule has 1 heterocycles. The van der Waals surface area contributed by atoms with Crippen LogP contribution in [0.5, 0.6) is 0 Å². The summed E-state index contributed by atoms with van der Waals surface area (Å²) in [5.74, 6) is -0.0423. The molecule has 0 aliphatic carbocycles. The van der Waals surface area contributed by atoms with Gasteiger partial charge in [0.2, 0.25) is 5.91 Å². The van der Waals surface area contributed by atoms with Gasteiger partial charge in [-0.1, -0.05) is 54.1 Å². The number of benzene rings is 2. The summed E-state index contributed by atoms with van der Waals surface area (Å²) < 4.78 is 0. The molecule has 0 aromatic heterocycles. The number of aliphatic hydroxyl groups is 1. The molecular weight excluding hydrogens is 312 g/mol. The van der Waals surface area contributed by atoms with Crippen LogP contribution in [0.2, 0.25) is 5.02 Å². The second-order valence-corrected chi connectivity index (χ2v) is 6.11. The molecule has 3 rings (SSSR count). The average Bonchev–Trinajstić information content (AvgIpc) is 2.56. The Hall–Kier alpha value is -1.88. The summed E-state index contributed by atoms with van der Waals surface area (Å²) in [7, 11) is 0. The number of carbonyl (C=O) groups is 1. The predicted molar refractivity (Wildman–Crippen MR) is 91.5 cm³/mol. The molecule has 0 unspecified atom stereocenters. The summed E-state index contributed by atoms with van der Waals surface area (Å²) in [5, 5.41) is 10.3. The number of para-hydroxylation sites is 1. The second-order valence-electron chi connectivity index (χ2n) is 5.71. The van der Waals surface area contributed by atoms with Crippen molar-refractivity contribution >= 4 is 23.2 Å². The van der Waals surface area contributed by atoms with E-state index in [2.05, 4.69) is 4.90 Å². The minimum atomic E-state index is -0.292. The van der Waals surface area contributed by atoms with Gasteiger partial charge in [0, 0.05) is 13.1 Å². The van der Waals surface area contributed by atoms with Gasteiger partial charge in [-0.2, -0.15) is 0 Å². The van der Waals surface area contributed by atoms with Gasteiger partial charge in [0.15, 0.2) is 0 Å². The fourth-order valence-electron chi connectivity index (χ4n) is 2.99. The van der Waals surface area contributed by atoms with Crippen molar-refractivity contribution in [1.29, 1.82) is 0 Å². The van der Waals surface area contributed by atoms with E-state index in [1.54, 1.807) is 11.0 Å². The predicted octanol–water partition coefficient (Wildman–Crippen LogP) is 2.55. The average molecular weight is 331 g/mol. The van der Waals surface area contributed by atoms with Crippen molar-refractivity contribution in [3.05, 3.63) is 65.2 Å². The molecule has 1 aliphatic heterocycles. The molecule has 2 aromatic rings. The van der Waals surface area contributed by atoms with E-state index in [1.807, 2.05) is 48.5 Å². The van der Waals surface area contributed by atoms with Crippen molar-refractivity contribution in [2.24, 2.45) is 0 Å². The summed E-state index contributed by atoms with van der Waals surface area (Å²) in [5.41, 5.74) is 1.82. The van der Waals surface area contributed by atoms with E-state index in [0.29, 0.717) is 30.3 Å². The highest BCUT2D eigenvalue weighted by atomic mass is 35.5. The maximum Gasteiger partial charge on any atom is 0.241 e. The number of anilines is 1. The molecule has 23 heavy (non-hydrogen) atoms. The maximum absolute atomic E-state index is 12.6. The summed E-state index contributed by atoms with van der Waals surface area (Å²) >= 11 is 6.22. The lowest BCUT2D eigenvalue weighted by Crippen LogP contribution is -2.57. The van der Waals surface area contributed by atoms with Gasteiger partial charge in [0.05, 0.1) is 29.9 Å². The number of amides is 1. The van der Waals surface area contributed by atoms with Gasteiger partial charge in [-0.15, -0.1) is 0 Å². The normalized spacial score (nSPS) is 19.1. The highest BCUT2D eigenvalue weighted by molar-refractivity contribution is 6.33. The summed E-state index contributed by atoms with van der Waals surface area (Å²) in [4.78, 5) is 16.3. The molecule has 1 fully saturated rings. The van der Waals surface area contributed by atoms with Crippen LogP contribution >= 0.6 is 11.6 Å². The smallest absolute Gasteiger partial charge is 0.241 e. The van der Waals surface area contributed by atoms with E-state index in [4.69, 9.17) is 11.6 Å². The van der Waals surface area contributed by atoms with Crippen LogP contribution in [-0.2, 0) is 11.3 Å². The molecule has 0 bridgehead atoms. The lowest BCUT2D eigenvalue weighted by atomic mass is 10.1. The topological polar surface area (TPSA) is 43.8 Å². The Morgan fingerprint density at radius 1 is 1.09 bits per heavy atom. The number of halogens is 1. The molecule has 4 nitrogen and oxygen atoms in total. The maximum atomic E-state index is 12.6. The van der Waals surface area contributed by atoms with Crippen LogP contribution in [0.15, 0.2) is 54.6 Å². The van der Waals surface area contributed by atoms with Crippen molar-refractivity contribution in [2.45, 2.75) is 12.6 Å². The van der Waals surface area contributed by atoms with Gasteiger partial charge in [0.1, 0.15) is 0 Å². The Bertz CT molecular complexity index is 678. The van der Waals surface area contributed by atoms with Gasteiger partial charge in [-0.25, -0.2) is 0 Å². The third kappa shape index (κ3) is 3.55. The number of aliphatic hydroxyl groups excluding tert-OH is 1. The monoisotopic (exact) mass is 330 g/mol. The minimum Gasteiger partial charge on any atom is -0.394 e. The van der Waals surface area contributed by atoms with E-state index < -0.39 is 0 Å². The van der Waals surface area contributed by atoms with Crippen LogP contribution in [-0.4, -0.2) is 41.7 Å². The van der Waals surface area contributed by atoms with Crippen molar-refractivity contribution in [1.82, 2.24) is 4.90 Å². The molecule has 1 N–H and O–H groups in total. The number of hydrogen-bond acceptors (Lipinski definition) is 3. The molecule has 120 valence electrons. The number of hydrogen-bond donors (Lipinski definition) is 1. The summed E-state index contributed by atoms with van der Waals surface area (Å²) in [6, 6.07) is 17.0. The van der Waals surface area contributed by atoms with Gasteiger partial charge in [0.25, 0.3) is 0 Å². The summed E-state index contributed by atoms with van der Waals surface area (Å²) in [6.07, 6.45) is 0. The van der Waals surface area contributed by atoms with Crippen molar-refractivity contribution in [3.8, 4) is 0 Å². The Labute approximate surface area is 140 Å². The number of rotatable bonds is 4. The fourth-order valence-corrected chi connectivity index (χ4v) is 3.22. The molecule has 0 spiro atoms. The fraction of sp³-hybridized carbons (Fsp3) is 0.278. The van der Waals surface area contributed by atoms with Crippen molar-refractivity contribution in [2.75, 3.05) is 24.6 Å². The minimum absolute atomic E-state index is 0.0423. The number of nitrogens with zero attached hydrogens (tertiary/aromatic N) is 2. The molecule has 1 amide bonds. The molecular formula is C18H19ClN2O2. The molecule has 1 atom stereocenters. The van der Waals surface area contributed by atoms with Crippen molar-refractivity contribution in [3.63, 3.8) is 0 Å². The van der Waals surface area contributed by atoms with E-state index >= 15 is 0 Å². The lowest BCUT2D eigenvalue weighted by Gasteiger charge is -2.40. The Morgan fingerprint density at radius 2 is 1.78 bits per heavy atom. The van der Waals surface area contributed by atoms with E-state index in [1.165, 1.54) is 0 Å². The van der Waals surface area contributed by atoms with Gasteiger partial charge in [-0.05, 0) is 17.7 Å². The Morgan fingerprint density at radius 3 is 2.48 bits per heavy atom. The summed E-state index contributed by atoms with van der Waals surface area (Å²) in [6.45, 7) is 1.53. The van der Waals surface area contributed by atoms with Crippen LogP contribution in [0, 0.1) is 0 Å². The van der Waals surface area contributed by atoms with E-state index in [-0.39, 0.29) is 18.6 Å². The van der Waals surface area contributed by atoms with Crippen LogP contribution in [0.1, 0.15) is 5.56 Å². The van der Waals surface area contributed by atoms with Crippen LogP contribution in [0.25, 0.3) is 0 Å². The SMILES string of the molecule is O=C1CN(Cc2ccccc2)C[C@H](CO)N1c1ccccc1Cl. The highest BCUT2D eigenvalue weighted by Gasteiger charge is 2.33. The largest absolute Gasteiger partial charge is 0.394 e. The van der Waals surface area contributed by atoms with Gasteiger partial charge in [-0.3, -0.25) is 9.69 Å². The third-order valence-corrected chi connectivity index (χ3v) is 4.35. The molecule has 1 saturated heterocycles. The van der Waals surface area contributed by atoms with Crippen LogP contribution in [0.4, 0.5) is 5.69 Å². The molecule has 2 aromatic carbocycles. The third-order valence-electron chi connectivity index (χ3n) is 4.03. The zero-order valence-electron chi connectivity index (χ0n) is 12.7. The van der Waals surface area contributed by atoms with Crippen molar-refractivity contribution < 1.29 is 9.90 Å². The molecule has 5 heteroatoms. The number of carbonyl (C=O) groups excluding carboxylic acids is 1. The van der Waals surface area contributed by atoms with E-state index in [9.17, 15) is 9.90 Å². The lowest BCUT2D eigenvalue weighted by molar-refractivity contribution is -0.122.